The number of nitrogens with zero attached hydrogens (tertiary/aromatic N) is 2. The highest BCUT2D eigenvalue weighted by molar-refractivity contribution is 7.15. The predicted molar refractivity (Wildman–Crippen MR) is 94.9 cm³/mol. The highest BCUT2D eigenvalue weighted by atomic mass is 35.5. The first kappa shape index (κ1) is 16.1. The van der Waals surface area contributed by atoms with Gasteiger partial charge in [0.25, 0.3) is 0 Å². The van der Waals surface area contributed by atoms with E-state index in [1.54, 1.807) is 18.2 Å². The van der Waals surface area contributed by atoms with Crippen LogP contribution in [0.4, 0.5) is 5.13 Å². The lowest BCUT2D eigenvalue weighted by Gasteiger charge is -2.18. The molecule has 1 aliphatic rings. The fourth-order valence-corrected chi connectivity index (χ4v) is 3.73. The van der Waals surface area contributed by atoms with Crippen molar-refractivity contribution < 1.29 is 4.79 Å². The van der Waals surface area contributed by atoms with Gasteiger partial charge in [-0.25, -0.2) is 0 Å². The summed E-state index contributed by atoms with van der Waals surface area (Å²) < 4.78 is 0. The molecule has 1 saturated carbocycles. The number of carbonyl (C=O) groups is 1. The smallest absolute Gasteiger partial charge is 0.250 e. The monoisotopic (exact) mass is 347 g/mol. The van der Waals surface area contributed by atoms with Gasteiger partial charge in [0.05, 0.1) is 0 Å². The van der Waals surface area contributed by atoms with Crippen LogP contribution in [0.5, 0.6) is 0 Å². The Morgan fingerprint density at radius 3 is 2.65 bits per heavy atom. The molecule has 0 saturated heterocycles. The highest BCUT2D eigenvalue weighted by Crippen LogP contribution is 2.35. The van der Waals surface area contributed by atoms with Crippen LogP contribution in [0.1, 0.15) is 48.6 Å². The van der Waals surface area contributed by atoms with Crippen molar-refractivity contribution in [2.24, 2.45) is 0 Å². The molecule has 1 amide bonds. The number of hydrogen-bond acceptors (Lipinski definition) is 4. The lowest BCUT2D eigenvalue weighted by molar-refractivity contribution is -0.111. The predicted octanol–water partition coefficient (Wildman–Crippen LogP) is 4.89. The van der Waals surface area contributed by atoms with Crippen LogP contribution in [0.2, 0.25) is 5.02 Å². The van der Waals surface area contributed by atoms with Crippen LogP contribution in [0.25, 0.3) is 6.08 Å². The highest BCUT2D eigenvalue weighted by Gasteiger charge is 2.19. The van der Waals surface area contributed by atoms with Crippen LogP contribution in [0.3, 0.4) is 0 Å². The molecule has 0 atom stereocenters. The molecule has 1 heterocycles. The molecule has 1 aliphatic carbocycles. The molecule has 2 aromatic rings. The van der Waals surface area contributed by atoms with Crippen LogP contribution >= 0.6 is 22.9 Å². The van der Waals surface area contributed by atoms with Crippen LogP contribution in [0.15, 0.2) is 30.3 Å². The molecule has 1 aromatic heterocycles. The first-order chi connectivity index (χ1) is 11.2. The van der Waals surface area contributed by atoms with Crippen molar-refractivity contribution in [1.29, 1.82) is 0 Å². The fourth-order valence-electron chi connectivity index (χ4n) is 2.69. The Morgan fingerprint density at radius 2 is 1.91 bits per heavy atom. The van der Waals surface area contributed by atoms with Gasteiger partial charge in [0.2, 0.25) is 11.0 Å². The van der Waals surface area contributed by atoms with Gasteiger partial charge in [-0.3, -0.25) is 10.1 Å². The summed E-state index contributed by atoms with van der Waals surface area (Å²) in [6, 6.07) is 7.30. The van der Waals surface area contributed by atoms with E-state index >= 15 is 0 Å². The maximum absolute atomic E-state index is 12.0. The largest absolute Gasteiger partial charge is 0.297 e. The normalized spacial score (nSPS) is 15.9. The molecule has 1 fully saturated rings. The summed E-state index contributed by atoms with van der Waals surface area (Å²) in [5, 5.41) is 13.4. The van der Waals surface area contributed by atoms with Crippen molar-refractivity contribution in [1.82, 2.24) is 10.2 Å². The minimum Gasteiger partial charge on any atom is -0.297 e. The molecule has 3 rings (SSSR count). The van der Waals surface area contributed by atoms with Crippen LogP contribution in [-0.2, 0) is 4.79 Å². The molecule has 0 unspecified atom stereocenters. The van der Waals surface area contributed by atoms with Crippen molar-refractivity contribution in [3.63, 3.8) is 0 Å². The minimum absolute atomic E-state index is 0.203. The molecule has 4 nitrogen and oxygen atoms in total. The molecule has 1 aromatic carbocycles. The van der Waals surface area contributed by atoms with E-state index in [2.05, 4.69) is 15.5 Å². The van der Waals surface area contributed by atoms with Crippen molar-refractivity contribution in [2.45, 2.75) is 38.0 Å². The average molecular weight is 348 g/mol. The van der Waals surface area contributed by atoms with Crippen molar-refractivity contribution >= 4 is 40.1 Å². The molecule has 120 valence electrons. The van der Waals surface area contributed by atoms with Crippen LogP contribution in [-0.4, -0.2) is 16.1 Å². The number of benzene rings is 1. The molecule has 1 N–H and O–H groups in total. The minimum atomic E-state index is -0.203. The molecule has 23 heavy (non-hydrogen) atoms. The summed E-state index contributed by atoms with van der Waals surface area (Å²) in [6.07, 6.45) is 9.43. The zero-order valence-corrected chi connectivity index (χ0v) is 14.2. The summed E-state index contributed by atoms with van der Waals surface area (Å²) in [5.74, 6) is 0.308. The summed E-state index contributed by atoms with van der Waals surface area (Å²) in [6.45, 7) is 0. The van der Waals surface area contributed by atoms with Gasteiger partial charge in [0, 0.05) is 17.0 Å². The van der Waals surface area contributed by atoms with Crippen molar-refractivity contribution in [3.8, 4) is 0 Å². The van der Waals surface area contributed by atoms with Gasteiger partial charge in [-0.15, -0.1) is 10.2 Å². The van der Waals surface area contributed by atoms with Gasteiger partial charge in [-0.1, -0.05) is 54.3 Å². The van der Waals surface area contributed by atoms with E-state index in [0.29, 0.717) is 16.1 Å². The van der Waals surface area contributed by atoms with Crippen molar-refractivity contribution in [2.75, 3.05) is 5.32 Å². The zero-order valence-electron chi connectivity index (χ0n) is 12.7. The SMILES string of the molecule is O=C(C=Cc1ccc(Cl)cc1)Nc1nnc(C2CCCCC2)s1. The number of halogens is 1. The Kier molecular flexibility index (Phi) is 5.41. The average Bonchev–Trinajstić information content (AvgIpc) is 3.04. The van der Waals surface area contributed by atoms with Gasteiger partial charge in [0.1, 0.15) is 5.01 Å². The molecule has 0 radical (unpaired) electrons. The van der Waals surface area contributed by atoms with Gasteiger partial charge in [-0.05, 0) is 36.6 Å². The standard InChI is InChI=1S/C17H18ClN3OS/c18-14-9-6-12(7-10-14)8-11-15(22)19-17-21-20-16(23-17)13-4-2-1-3-5-13/h6-11,13H,1-5H2,(H,19,21,22). The third-order valence-electron chi connectivity index (χ3n) is 3.92. The number of carbonyl (C=O) groups excluding carboxylic acids is 1. The molecular formula is C17H18ClN3OS. The second-order valence-corrected chi connectivity index (χ2v) is 7.10. The Bertz CT molecular complexity index is 690. The molecule has 0 bridgehead atoms. The number of hydrogen-bond donors (Lipinski definition) is 1. The summed E-state index contributed by atoms with van der Waals surface area (Å²) in [4.78, 5) is 12.0. The summed E-state index contributed by atoms with van der Waals surface area (Å²) in [5.41, 5.74) is 0.921. The lowest BCUT2D eigenvalue weighted by atomic mass is 9.90. The zero-order chi connectivity index (χ0) is 16.1. The first-order valence-electron chi connectivity index (χ1n) is 7.79. The van der Waals surface area contributed by atoms with Gasteiger partial charge in [-0.2, -0.15) is 0 Å². The van der Waals surface area contributed by atoms with E-state index in [1.807, 2.05) is 12.1 Å². The second kappa shape index (κ2) is 7.70. The van der Waals surface area contributed by atoms with Crippen LogP contribution < -0.4 is 5.32 Å². The van der Waals surface area contributed by atoms with E-state index in [4.69, 9.17) is 11.6 Å². The maximum Gasteiger partial charge on any atom is 0.250 e. The number of anilines is 1. The molecule has 6 heteroatoms. The number of amides is 1. The Labute approximate surface area is 144 Å². The van der Waals surface area contributed by atoms with Gasteiger partial charge < -0.3 is 0 Å². The topological polar surface area (TPSA) is 54.9 Å². The summed E-state index contributed by atoms with van der Waals surface area (Å²) in [7, 11) is 0. The Hall–Kier alpha value is -1.72. The molecule has 0 spiro atoms. The third-order valence-corrected chi connectivity index (χ3v) is 5.18. The van der Waals surface area contributed by atoms with E-state index in [1.165, 1.54) is 49.5 Å². The van der Waals surface area contributed by atoms with E-state index < -0.39 is 0 Å². The molecule has 0 aliphatic heterocycles. The van der Waals surface area contributed by atoms with Crippen LogP contribution in [0, 0.1) is 0 Å². The second-order valence-electron chi connectivity index (χ2n) is 5.65. The first-order valence-corrected chi connectivity index (χ1v) is 8.98. The quantitative estimate of drug-likeness (QED) is 0.801. The maximum atomic E-state index is 12.0. The number of rotatable bonds is 4. The van der Waals surface area contributed by atoms with E-state index in [9.17, 15) is 4.79 Å². The Morgan fingerprint density at radius 1 is 1.17 bits per heavy atom. The lowest BCUT2D eigenvalue weighted by Crippen LogP contribution is -2.07. The fraction of sp³-hybridized carbons (Fsp3) is 0.353. The van der Waals surface area contributed by atoms with Gasteiger partial charge in [0.15, 0.2) is 0 Å². The Balaban J connectivity index is 1.57. The molecular weight excluding hydrogens is 330 g/mol. The third kappa shape index (κ3) is 4.62. The van der Waals surface area contributed by atoms with Crippen molar-refractivity contribution in [3.05, 3.63) is 45.9 Å². The summed E-state index contributed by atoms with van der Waals surface area (Å²) >= 11 is 7.32. The number of aromatic nitrogens is 2. The number of nitrogens with one attached hydrogen (secondary N) is 1. The van der Waals surface area contributed by atoms with E-state index in [-0.39, 0.29) is 5.91 Å². The van der Waals surface area contributed by atoms with E-state index in [0.717, 1.165) is 10.6 Å². The van der Waals surface area contributed by atoms with Gasteiger partial charge >= 0.3 is 0 Å².